The molecule has 1 aliphatic rings. The Kier molecular flexibility index (Phi) is 6.42. The summed E-state index contributed by atoms with van der Waals surface area (Å²) >= 11 is 1.49. The lowest BCUT2D eigenvalue weighted by atomic mass is 9.82. The number of nitrogens with one attached hydrogen (secondary N) is 1. The van der Waals surface area contributed by atoms with Crippen molar-refractivity contribution in [3.63, 3.8) is 0 Å². The van der Waals surface area contributed by atoms with Gasteiger partial charge < -0.3 is 19.8 Å². The lowest BCUT2D eigenvalue weighted by Crippen LogP contribution is -2.49. The quantitative estimate of drug-likeness (QED) is 0.479. The van der Waals surface area contributed by atoms with Crippen molar-refractivity contribution in [2.45, 2.75) is 49.2 Å². The van der Waals surface area contributed by atoms with Gasteiger partial charge in [0, 0.05) is 42.3 Å². The molecule has 1 fully saturated rings. The molecule has 0 atom stereocenters. The van der Waals surface area contributed by atoms with Gasteiger partial charge in [0.05, 0.1) is 21.6 Å². The van der Waals surface area contributed by atoms with Crippen molar-refractivity contribution in [3.05, 3.63) is 66.4 Å². The molecule has 0 radical (unpaired) electrons. The highest BCUT2D eigenvalue weighted by molar-refractivity contribution is 8.00. The third-order valence-electron chi connectivity index (χ3n) is 5.75. The molecule has 2 heterocycles. The number of hydrogen-bond donors (Lipinski definition) is 3. The fourth-order valence-electron chi connectivity index (χ4n) is 4.24. The predicted octanol–water partition coefficient (Wildman–Crippen LogP) is 4.48. The molecule has 3 aromatic rings. The SMILES string of the molecule is CC(C)(O)CC1(O)CCN(C(=O)c2ccc(NSc3cccc4cccnc34)cc2)CC1. The number of amides is 1. The highest BCUT2D eigenvalue weighted by Gasteiger charge is 2.37. The first-order chi connectivity index (χ1) is 15.2. The molecule has 4 rings (SSSR count). The van der Waals surface area contributed by atoms with Crippen LogP contribution >= 0.6 is 11.9 Å². The lowest BCUT2D eigenvalue weighted by molar-refractivity contribution is -0.0746. The minimum atomic E-state index is -0.927. The van der Waals surface area contributed by atoms with Crippen LogP contribution in [0.3, 0.4) is 0 Å². The third-order valence-corrected chi connectivity index (χ3v) is 6.64. The Morgan fingerprint density at radius 2 is 1.81 bits per heavy atom. The molecule has 1 aliphatic heterocycles. The molecule has 3 N–H and O–H groups in total. The number of benzene rings is 2. The first kappa shape index (κ1) is 22.6. The van der Waals surface area contributed by atoms with Crippen molar-refractivity contribution in [2.75, 3.05) is 17.8 Å². The second-order valence-electron chi connectivity index (χ2n) is 9.12. The van der Waals surface area contributed by atoms with E-state index >= 15 is 0 Å². The van der Waals surface area contributed by atoms with Crippen LogP contribution in [0.5, 0.6) is 0 Å². The van der Waals surface area contributed by atoms with Crippen LogP contribution in [-0.4, -0.2) is 50.3 Å². The molecule has 168 valence electrons. The van der Waals surface area contributed by atoms with Gasteiger partial charge in [0.1, 0.15) is 0 Å². The number of fused-ring (bicyclic) bond motifs is 1. The number of para-hydroxylation sites is 1. The first-order valence-electron chi connectivity index (χ1n) is 10.8. The molecule has 0 spiro atoms. The van der Waals surface area contributed by atoms with Crippen LogP contribution in [0.2, 0.25) is 0 Å². The Bertz CT molecular complexity index is 1080. The van der Waals surface area contributed by atoms with Crippen LogP contribution in [-0.2, 0) is 0 Å². The minimum absolute atomic E-state index is 0.0345. The Morgan fingerprint density at radius 1 is 1.12 bits per heavy atom. The average Bonchev–Trinajstić information content (AvgIpc) is 2.76. The zero-order chi connectivity index (χ0) is 22.8. The number of rotatable bonds is 6. The van der Waals surface area contributed by atoms with Crippen LogP contribution in [0, 0.1) is 0 Å². The summed E-state index contributed by atoms with van der Waals surface area (Å²) in [6, 6.07) is 17.5. The van der Waals surface area contributed by atoms with Gasteiger partial charge in [-0.3, -0.25) is 9.78 Å². The van der Waals surface area contributed by atoms with E-state index in [0.717, 1.165) is 21.5 Å². The van der Waals surface area contributed by atoms with Crippen molar-refractivity contribution in [3.8, 4) is 0 Å². The molecular weight excluding hydrogens is 422 g/mol. The molecule has 1 aromatic heterocycles. The van der Waals surface area contributed by atoms with Gasteiger partial charge in [-0.2, -0.15) is 0 Å². The number of aromatic nitrogens is 1. The van der Waals surface area contributed by atoms with Gasteiger partial charge in [-0.25, -0.2) is 0 Å². The summed E-state index contributed by atoms with van der Waals surface area (Å²) in [7, 11) is 0. The van der Waals surface area contributed by atoms with Crippen molar-refractivity contribution >= 4 is 34.4 Å². The van der Waals surface area contributed by atoms with Crippen molar-refractivity contribution in [1.29, 1.82) is 0 Å². The molecule has 0 unspecified atom stereocenters. The van der Waals surface area contributed by atoms with Crippen LogP contribution < -0.4 is 4.72 Å². The van der Waals surface area contributed by atoms with E-state index in [1.54, 1.807) is 24.9 Å². The number of nitrogens with zero attached hydrogens (tertiary/aromatic N) is 2. The summed E-state index contributed by atoms with van der Waals surface area (Å²) in [5.74, 6) is -0.0345. The zero-order valence-electron chi connectivity index (χ0n) is 18.4. The smallest absolute Gasteiger partial charge is 0.253 e. The van der Waals surface area contributed by atoms with Crippen molar-refractivity contribution in [2.24, 2.45) is 0 Å². The lowest BCUT2D eigenvalue weighted by Gasteiger charge is -2.40. The fourth-order valence-corrected chi connectivity index (χ4v) is 5.02. The number of likely N-dealkylation sites (tertiary alicyclic amines) is 1. The van der Waals surface area contributed by atoms with E-state index in [0.29, 0.717) is 37.9 Å². The normalized spacial score (nSPS) is 16.2. The number of aliphatic hydroxyl groups is 2. The molecule has 1 saturated heterocycles. The Hall–Kier alpha value is -2.61. The number of piperidine rings is 1. The van der Waals surface area contributed by atoms with Gasteiger partial charge in [-0.15, -0.1) is 0 Å². The summed E-state index contributed by atoms with van der Waals surface area (Å²) in [5.41, 5.74) is 0.632. The fraction of sp³-hybridized carbons (Fsp3) is 0.360. The maximum atomic E-state index is 12.9. The summed E-state index contributed by atoms with van der Waals surface area (Å²) in [6.45, 7) is 4.37. The Morgan fingerprint density at radius 3 is 2.50 bits per heavy atom. The molecule has 0 saturated carbocycles. The predicted molar refractivity (Wildman–Crippen MR) is 129 cm³/mol. The number of carbonyl (C=O) groups is 1. The largest absolute Gasteiger partial charge is 0.390 e. The van der Waals surface area contributed by atoms with Crippen LogP contribution in [0.15, 0.2) is 65.7 Å². The minimum Gasteiger partial charge on any atom is -0.390 e. The number of carbonyl (C=O) groups excluding carboxylic acids is 1. The third kappa shape index (κ3) is 5.41. The van der Waals surface area contributed by atoms with E-state index in [-0.39, 0.29) is 5.91 Å². The maximum absolute atomic E-state index is 12.9. The van der Waals surface area contributed by atoms with Crippen molar-refractivity contribution < 1.29 is 15.0 Å². The highest BCUT2D eigenvalue weighted by Crippen LogP contribution is 2.31. The molecule has 2 aromatic carbocycles. The molecular formula is C25H29N3O3S. The summed E-state index contributed by atoms with van der Waals surface area (Å²) in [5, 5.41) is 21.8. The van der Waals surface area contributed by atoms with Gasteiger partial charge >= 0.3 is 0 Å². The summed E-state index contributed by atoms with van der Waals surface area (Å²) in [4.78, 5) is 20.2. The number of anilines is 1. The molecule has 0 aliphatic carbocycles. The van der Waals surface area contributed by atoms with E-state index in [4.69, 9.17) is 0 Å². The van der Waals surface area contributed by atoms with E-state index in [2.05, 4.69) is 9.71 Å². The second-order valence-corrected chi connectivity index (χ2v) is 9.97. The Labute approximate surface area is 192 Å². The molecule has 32 heavy (non-hydrogen) atoms. The summed E-state index contributed by atoms with van der Waals surface area (Å²) < 4.78 is 3.33. The standard InChI is InChI=1S/C25H29N3O3S/c1-24(2,30)17-25(31)12-15-28(16-13-25)23(29)19-8-10-20(11-9-19)27-32-21-7-3-5-18-6-4-14-26-22(18)21/h3-11,14,27,30-31H,12-13,15-17H2,1-2H3. The van der Waals surface area contributed by atoms with Crippen LogP contribution in [0.4, 0.5) is 5.69 Å². The summed E-state index contributed by atoms with van der Waals surface area (Å²) in [6.07, 6.45) is 3.04. The second kappa shape index (κ2) is 9.10. The van der Waals surface area contributed by atoms with Crippen LogP contribution in [0.25, 0.3) is 10.9 Å². The molecule has 0 bridgehead atoms. The van der Waals surface area contributed by atoms with E-state index in [1.165, 1.54) is 11.9 Å². The van der Waals surface area contributed by atoms with Gasteiger partial charge in [-0.1, -0.05) is 18.2 Å². The van der Waals surface area contributed by atoms with Crippen LogP contribution in [0.1, 0.15) is 43.5 Å². The highest BCUT2D eigenvalue weighted by atomic mass is 32.2. The van der Waals surface area contributed by atoms with Gasteiger partial charge in [0.2, 0.25) is 0 Å². The average molecular weight is 452 g/mol. The number of hydrogen-bond acceptors (Lipinski definition) is 6. The number of pyridine rings is 1. The van der Waals surface area contributed by atoms with E-state index in [1.807, 2.05) is 54.6 Å². The van der Waals surface area contributed by atoms with Gasteiger partial charge in [0.25, 0.3) is 5.91 Å². The monoisotopic (exact) mass is 451 g/mol. The first-order valence-corrected chi connectivity index (χ1v) is 11.6. The van der Waals surface area contributed by atoms with Gasteiger partial charge in [-0.05, 0) is 75.0 Å². The van der Waals surface area contributed by atoms with E-state index in [9.17, 15) is 15.0 Å². The van der Waals surface area contributed by atoms with Crippen molar-refractivity contribution in [1.82, 2.24) is 9.88 Å². The van der Waals surface area contributed by atoms with E-state index < -0.39 is 11.2 Å². The zero-order valence-corrected chi connectivity index (χ0v) is 19.2. The molecule has 7 heteroatoms. The topological polar surface area (TPSA) is 85.7 Å². The van der Waals surface area contributed by atoms with Gasteiger partial charge in [0.15, 0.2) is 0 Å². The Balaban J connectivity index is 1.35. The molecule has 6 nitrogen and oxygen atoms in total. The maximum Gasteiger partial charge on any atom is 0.253 e. The molecule has 1 amide bonds.